The molecule has 0 unspecified atom stereocenters. The Morgan fingerprint density at radius 2 is 2.15 bits per heavy atom. The van der Waals surface area contributed by atoms with E-state index in [-0.39, 0.29) is 5.82 Å². The van der Waals surface area contributed by atoms with E-state index in [1.807, 2.05) is 24.0 Å². The second-order valence-electron chi connectivity index (χ2n) is 6.34. The summed E-state index contributed by atoms with van der Waals surface area (Å²) in [5, 5.41) is 0.743. The van der Waals surface area contributed by atoms with Gasteiger partial charge in [0, 0.05) is 36.7 Å². The molecule has 0 amide bonds. The SMILES string of the molecule is COc1ccnc(CSc2nc3cc(N4CCOCC4)c(F)cc3[nH]2)c1C. The highest BCUT2D eigenvalue weighted by atomic mass is 32.2. The number of H-pyrrole nitrogens is 1. The van der Waals surface area contributed by atoms with Crippen LogP contribution in [0.2, 0.25) is 0 Å². The van der Waals surface area contributed by atoms with Crippen LogP contribution in [-0.4, -0.2) is 48.4 Å². The maximum absolute atomic E-state index is 14.5. The fraction of sp³-hybridized carbons (Fsp3) is 0.368. The summed E-state index contributed by atoms with van der Waals surface area (Å²) in [6.45, 7) is 4.60. The highest BCUT2D eigenvalue weighted by Crippen LogP contribution is 2.30. The number of hydrogen-bond acceptors (Lipinski definition) is 6. The Morgan fingerprint density at radius 1 is 1.33 bits per heavy atom. The van der Waals surface area contributed by atoms with Crippen molar-refractivity contribution < 1.29 is 13.9 Å². The lowest BCUT2D eigenvalue weighted by Gasteiger charge is -2.29. The minimum atomic E-state index is -0.241. The summed E-state index contributed by atoms with van der Waals surface area (Å²) in [7, 11) is 1.65. The number of halogens is 1. The van der Waals surface area contributed by atoms with Crippen molar-refractivity contribution in [3.63, 3.8) is 0 Å². The molecule has 142 valence electrons. The Labute approximate surface area is 161 Å². The van der Waals surface area contributed by atoms with Crippen LogP contribution in [0.1, 0.15) is 11.3 Å². The van der Waals surface area contributed by atoms with E-state index in [9.17, 15) is 4.39 Å². The van der Waals surface area contributed by atoms with Gasteiger partial charge in [-0.15, -0.1) is 0 Å². The summed E-state index contributed by atoms with van der Waals surface area (Å²) < 4.78 is 25.2. The van der Waals surface area contributed by atoms with Gasteiger partial charge in [-0.2, -0.15) is 0 Å². The maximum Gasteiger partial charge on any atom is 0.166 e. The third kappa shape index (κ3) is 3.72. The zero-order chi connectivity index (χ0) is 18.8. The Hall–Kier alpha value is -2.32. The summed E-state index contributed by atoms with van der Waals surface area (Å²) in [5.41, 5.74) is 4.00. The Morgan fingerprint density at radius 3 is 2.93 bits per heavy atom. The molecule has 0 spiro atoms. The van der Waals surface area contributed by atoms with Crippen molar-refractivity contribution in [3.05, 3.63) is 41.5 Å². The Balaban J connectivity index is 1.55. The maximum atomic E-state index is 14.5. The number of pyridine rings is 1. The lowest BCUT2D eigenvalue weighted by atomic mass is 10.2. The predicted octanol–water partition coefficient (Wildman–Crippen LogP) is 3.54. The third-order valence-electron chi connectivity index (χ3n) is 4.70. The summed E-state index contributed by atoms with van der Waals surface area (Å²) in [6, 6.07) is 5.18. The fourth-order valence-electron chi connectivity index (χ4n) is 3.17. The lowest BCUT2D eigenvalue weighted by Crippen LogP contribution is -2.36. The molecule has 3 heterocycles. The van der Waals surface area contributed by atoms with E-state index in [1.165, 1.54) is 17.8 Å². The summed E-state index contributed by atoms with van der Waals surface area (Å²) in [6.07, 6.45) is 1.74. The lowest BCUT2D eigenvalue weighted by molar-refractivity contribution is 0.122. The van der Waals surface area contributed by atoms with Gasteiger partial charge in [-0.3, -0.25) is 4.98 Å². The molecular weight excluding hydrogens is 367 g/mol. The molecule has 1 N–H and O–H groups in total. The molecule has 4 rings (SSSR count). The molecule has 0 atom stereocenters. The number of rotatable bonds is 5. The number of ether oxygens (including phenoxy) is 2. The molecule has 0 bridgehead atoms. The van der Waals surface area contributed by atoms with Crippen molar-refractivity contribution in [1.82, 2.24) is 15.0 Å². The molecule has 3 aromatic rings. The van der Waals surface area contributed by atoms with Crippen LogP contribution in [0.5, 0.6) is 5.75 Å². The van der Waals surface area contributed by atoms with Crippen LogP contribution >= 0.6 is 11.8 Å². The first-order chi connectivity index (χ1) is 13.2. The second kappa shape index (κ2) is 7.74. The van der Waals surface area contributed by atoms with E-state index in [4.69, 9.17) is 9.47 Å². The minimum absolute atomic E-state index is 0.241. The van der Waals surface area contributed by atoms with Crippen LogP contribution in [0.25, 0.3) is 11.0 Å². The van der Waals surface area contributed by atoms with Gasteiger partial charge < -0.3 is 19.4 Å². The normalized spacial score (nSPS) is 14.7. The fourth-order valence-corrected chi connectivity index (χ4v) is 4.08. The first kappa shape index (κ1) is 18.1. The largest absolute Gasteiger partial charge is 0.496 e. The number of hydrogen-bond donors (Lipinski definition) is 1. The van der Waals surface area contributed by atoms with Crippen molar-refractivity contribution in [1.29, 1.82) is 0 Å². The number of benzene rings is 1. The summed E-state index contributed by atoms with van der Waals surface area (Å²) in [4.78, 5) is 14.2. The molecule has 1 aliphatic rings. The molecule has 1 aliphatic heterocycles. The Bertz CT molecular complexity index is 956. The topological polar surface area (TPSA) is 63.3 Å². The van der Waals surface area contributed by atoms with E-state index in [2.05, 4.69) is 15.0 Å². The second-order valence-corrected chi connectivity index (χ2v) is 7.30. The van der Waals surface area contributed by atoms with Gasteiger partial charge >= 0.3 is 0 Å². The van der Waals surface area contributed by atoms with Gasteiger partial charge in [0.2, 0.25) is 0 Å². The van der Waals surface area contributed by atoms with E-state index in [1.54, 1.807) is 13.3 Å². The van der Waals surface area contributed by atoms with Gasteiger partial charge in [-0.05, 0) is 19.1 Å². The van der Waals surface area contributed by atoms with Gasteiger partial charge in [-0.25, -0.2) is 9.37 Å². The van der Waals surface area contributed by atoms with Gasteiger partial charge in [0.1, 0.15) is 11.6 Å². The highest BCUT2D eigenvalue weighted by Gasteiger charge is 2.17. The Kier molecular flexibility index (Phi) is 5.18. The molecule has 8 heteroatoms. The van der Waals surface area contributed by atoms with E-state index >= 15 is 0 Å². The van der Waals surface area contributed by atoms with Gasteiger partial charge in [0.05, 0.1) is 42.7 Å². The van der Waals surface area contributed by atoms with Crippen molar-refractivity contribution in [3.8, 4) is 5.75 Å². The standard InChI is InChI=1S/C19H21FN4O2S/c1-12-16(21-4-3-18(12)25-2)11-27-19-22-14-9-13(20)17(10-15(14)23-19)24-5-7-26-8-6-24/h3-4,9-10H,5-8,11H2,1-2H3,(H,22,23). The summed E-state index contributed by atoms with van der Waals surface area (Å²) >= 11 is 1.54. The van der Waals surface area contributed by atoms with E-state index < -0.39 is 0 Å². The third-order valence-corrected chi connectivity index (χ3v) is 5.59. The molecule has 2 aromatic heterocycles. The van der Waals surface area contributed by atoms with Crippen molar-refractivity contribution in [2.75, 3.05) is 38.3 Å². The number of nitrogens with one attached hydrogen (secondary N) is 1. The number of nitrogens with zero attached hydrogens (tertiary/aromatic N) is 3. The van der Waals surface area contributed by atoms with Crippen LogP contribution in [0, 0.1) is 12.7 Å². The average molecular weight is 388 g/mol. The predicted molar refractivity (Wildman–Crippen MR) is 104 cm³/mol. The minimum Gasteiger partial charge on any atom is -0.496 e. The highest BCUT2D eigenvalue weighted by molar-refractivity contribution is 7.98. The van der Waals surface area contributed by atoms with Crippen molar-refractivity contribution in [2.24, 2.45) is 0 Å². The van der Waals surface area contributed by atoms with Crippen molar-refractivity contribution >= 4 is 28.5 Å². The van der Waals surface area contributed by atoms with E-state index in [0.29, 0.717) is 43.3 Å². The number of aromatic amines is 1. The van der Waals surface area contributed by atoms with E-state index in [0.717, 1.165) is 27.7 Å². The van der Waals surface area contributed by atoms with Gasteiger partial charge in [0.25, 0.3) is 0 Å². The number of imidazole rings is 1. The van der Waals surface area contributed by atoms with Crippen LogP contribution in [0.3, 0.4) is 0 Å². The zero-order valence-electron chi connectivity index (χ0n) is 15.3. The van der Waals surface area contributed by atoms with Crippen molar-refractivity contribution in [2.45, 2.75) is 17.8 Å². The van der Waals surface area contributed by atoms with Crippen LogP contribution < -0.4 is 9.64 Å². The molecule has 0 saturated carbocycles. The molecule has 1 saturated heterocycles. The number of anilines is 1. The number of thioether (sulfide) groups is 1. The molecule has 1 aromatic carbocycles. The number of fused-ring (bicyclic) bond motifs is 1. The van der Waals surface area contributed by atoms with Crippen LogP contribution in [0.4, 0.5) is 10.1 Å². The quantitative estimate of drug-likeness (QED) is 0.675. The molecule has 1 fully saturated rings. The molecular formula is C19H21FN4O2S. The monoisotopic (exact) mass is 388 g/mol. The molecule has 0 aliphatic carbocycles. The number of aromatic nitrogens is 3. The first-order valence-corrected chi connectivity index (χ1v) is 9.77. The average Bonchev–Trinajstić information content (AvgIpc) is 3.09. The molecule has 0 radical (unpaired) electrons. The smallest absolute Gasteiger partial charge is 0.166 e. The first-order valence-electron chi connectivity index (χ1n) is 8.79. The molecule has 6 nitrogen and oxygen atoms in total. The van der Waals surface area contributed by atoms with Gasteiger partial charge in [-0.1, -0.05) is 11.8 Å². The number of morpholine rings is 1. The van der Waals surface area contributed by atoms with Crippen LogP contribution in [0.15, 0.2) is 29.6 Å². The van der Waals surface area contributed by atoms with Crippen LogP contribution in [-0.2, 0) is 10.5 Å². The van der Waals surface area contributed by atoms with Gasteiger partial charge in [0.15, 0.2) is 5.16 Å². The zero-order valence-corrected chi connectivity index (χ0v) is 16.1. The summed E-state index contributed by atoms with van der Waals surface area (Å²) in [5.74, 6) is 1.24. The number of methoxy groups -OCH3 is 1. The molecule has 27 heavy (non-hydrogen) atoms.